The van der Waals surface area contributed by atoms with E-state index in [4.69, 9.17) is 0 Å². The van der Waals surface area contributed by atoms with Crippen LogP contribution in [0.25, 0.3) is 0 Å². The Kier molecular flexibility index (Phi) is 3.01. The molecule has 0 heterocycles. The summed E-state index contributed by atoms with van der Waals surface area (Å²) in [4.78, 5) is 0. The van der Waals surface area contributed by atoms with Crippen LogP contribution in [0.4, 0.5) is 0 Å². The predicted molar refractivity (Wildman–Crippen MR) is 54.4 cm³/mol. The van der Waals surface area contributed by atoms with Crippen LogP contribution >= 0.6 is 0 Å². The average Bonchev–Trinajstić information content (AvgIpc) is 1.85. The molecule has 1 aromatic rings. The number of rotatable bonds is 2. The van der Waals surface area contributed by atoms with Crippen molar-refractivity contribution in [3.63, 3.8) is 0 Å². The Labute approximate surface area is 80.4 Å². The third-order valence-electron chi connectivity index (χ3n) is 1.58. The van der Waals surface area contributed by atoms with Crippen molar-refractivity contribution in [2.75, 3.05) is 0 Å². The van der Waals surface area contributed by atoms with E-state index in [-0.39, 0.29) is 9.52 Å². The Bertz CT molecular complexity index is 213. The van der Waals surface area contributed by atoms with Crippen LogP contribution in [0.2, 0.25) is 3.71 Å². The molecule has 0 bridgehead atoms. The molecule has 0 nitrogen and oxygen atoms in total. The van der Waals surface area contributed by atoms with Gasteiger partial charge in [0.1, 0.15) is 0 Å². The number of hydrogen-bond acceptors (Lipinski definition) is 0. The first-order valence-electron chi connectivity index (χ1n) is 4.12. The molecule has 54 valence electrons. The van der Waals surface area contributed by atoms with Gasteiger partial charge >= 0.3 is 80.3 Å². The van der Waals surface area contributed by atoms with E-state index < -0.39 is 0 Å². The van der Waals surface area contributed by atoms with Crippen LogP contribution in [0.5, 0.6) is 0 Å². The fraction of sp³-hybridized carbons (Fsp3) is 0.333. The molecule has 0 saturated carbocycles. The quantitative estimate of drug-likeness (QED) is 0.556. The van der Waals surface area contributed by atoms with Gasteiger partial charge in [0.25, 0.3) is 0 Å². The van der Waals surface area contributed by atoms with Gasteiger partial charge in [0, 0.05) is 0 Å². The first-order chi connectivity index (χ1) is 5.08. The van der Waals surface area contributed by atoms with E-state index in [1.807, 2.05) is 0 Å². The second-order valence-electron chi connectivity index (χ2n) is 4.22. The monoisotopic (exact) mass is 156 g/mol. The van der Waals surface area contributed by atoms with Crippen LogP contribution < -0.4 is 5.19 Å². The van der Waals surface area contributed by atoms with Gasteiger partial charge in [-0.15, -0.1) is 0 Å². The molecule has 0 aliphatic heterocycles. The van der Waals surface area contributed by atoms with E-state index in [9.17, 15) is 0 Å². The van der Waals surface area contributed by atoms with Gasteiger partial charge in [0.15, 0.2) is 0 Å². The molecule has 1 aromatic carbocycles. The van der Waals surface area contributed by atoms with Gasteiger partial charge < -0.3 is 0 Å². The van der Waals surface area contributed by atoms with Gasteiger partial charge in [-0.25, -0.2) is 0 Å². The fourth-order valence-corrected chi connectivity index (χ4v) is 2.94. The van der Waals surface area contributed by atoms with Crippen molar-refractivity contribution < 1.29 is 0 Å². The molecule has 2 heteroatoms. The van der Waals surface area contributed by atoms with Crippen molar-refractivity contribution >= 4 is 32.4 Å². The molecule has 0 aliphatic rings. The molecule has 0 fully saturated rings. The van der Waals surface area contributed by atoms with E-state index in [0.29, 0.717) is 3.71 Å². The van der Waals surface area contributed by atoms with Gasteiger partial charge in [-0.1, -0.05) is 0 Å². The average molecular weight is 156 g/mol. The molecule has 0 spiro atoms. The van der Waals surface area contributed by atoms with Crippen LogP contribution in [-0.2, 0) is 0 Å². The van der Waals surface area contributed by atoms with Gasteiger partial charge in [-0.3, -0.25) is 0 Å². The molecule has 11 heavy (non-hydrogen) atoms. The summed E-state index contributed by atoms with van der Waals surface area (Å²) in [6, 6.07) is 10.8. The van der Waals surface area contributed by atoms with E-state index in [1.165, 1.54) is 0 Å². The van der Waals surface area contributed by atoms with E-state index in [0.717, 1.165) is 0 Å². The summed E-state index contributed by atoms with van der Waals surface area (Å²) >= 11 is 2.33. The Balaban J connectivity index is 2.66. The summed E-state index contributed by atoms with van der Waals surface area (Å²) in [5.41, 5.74) is 0. The van der Waals surface area contributed by atoms with Gasteiger partial charge in [0.05, 0.1) is 0 Å². The van der Waals surface area contributed by atoms with Crippen molar-refractivity contribution in [1.29, 1.82) is 0 Å². The molecule has 0 amide bonds. The fourth-order valence-electron chi connectivity index (χ4n) is 1.21. The van der Waals surface area contributed by atoms with Gasteiger partial charge in [0.2, 0.25) is 0 Å². The van der Waals surface area contributed by atoms with Gasteiger partial charge in [-0.05, 0) is 0 Å². The van der Waals surface area contributed by atoms with Crippen molar-refractivity contribution in [2.24, 2.45) is 0 Å². The van der Waals surface area contributed by atoms with Crippen molar-refractivity contribution in [3.8, 4) is 0 Å². The first-order valence-corrected chi connectivity index (χ1v) is 5.53. The van der Waals surface area contributed by atoms with Crippen LogP contribution in [-0.4, -0.2) is 27.2 Å². The third-order valence-corrected chi connectivity index (χ3v) is 3.52. The summed E-state index contributed by atoms with van der Waals surface area (Å²) in [5.74, 6) is 0. The Morgan fingerprint density at radius 1 is 1.18 bits per heavy atom. The zero-order chi connectivity index (χ0) is 8.32. The maximum absolute atomic E-state index is 2.33. The summed E-state index contributed by atoms with van der Waals surface area (Å²) in [6.07, 6.45) is 0. The molecule has 0 saturated heterocycles. The summed E-state index contributed by atoms with van der Waals surface area (Å²) < 4.78 is 0.543. The molecule has 0 aromatic heterocycles. The van der Waals surface area contributed by atoms with Crippen LogP contribution in [0.15, 0.2) is 30.3 Å². The van der Waals surface area contributed by atoms with Crippen molar-refractivity contribution in [2.45, 2.75) is 17.6 Å². The molecular weight excluding hydrogens is 143 g/mol. The predicted octanol–water partition coefficient (Wildman–Crippen LogP) is 0.805. The SMILES string of the molecule is [Li][C](C)(C)[SiH2]c1ccccc1. The van der Waals surface area contributed by atoms with Crippen LogP contribution in [0, 0.1) is 0 Å². The first kappa shape index (κ1) is 9.12. The standard InChI is InChI=1S/C9H13Si.Li/c1-8(2)10-9-6-4-3-5-7-9;/h3-7H,10H2,1-2H3;. The molecule has 0 N–H and O–H groups in total. The zero-order valence-corrected chi connectivity index (χ0v) is 9.01. The molecule has 0 unspecified atom stereocenters. The topological polar surface area (TPSA) is 0 Å². The summed E-state index contributed by atoms with van der Waals surface area (Å²) in [7, 11) is -0.0731. The van der Waals surface area contributed by atoms with Crippen molar-refractivity contribution in [1.82, 2.24) is 0 Å². The van der Waals surface area contributed by atoms with E-state index >= 15 is 0 Å². The van der Waals surface area contributed by atoms with Crippen LogP contribution in [0.1, 0.15) is 13.8 Å². The van der Waals surface area contributed by atoms with Crippen molar-refractivity contribution in [3.05, 3.63) is 30.3 Å². The zero-order valence-electron chi connectivity index (χ0n) is 7.59. The summed E-state index contributed by atoms with van der Waals surface area (Å²) in [6.45, 7) is 4.65. The van der Waals surface area contributed by atoms with E-state index in [1.54, 1.807) is 5.19 Å². The molecular formula is C9H13LiSi. The molecule has 0 atom stereocenters. The third kappa shape index (κ3) is 3.81. The maximum atomic E-state index is 2.33. The molecule has 0 aliphatic carbocycles. The summed E-state index contributed by atoms with van der Waals surface area (Å²) in [5, 5.41) is 1.57. The Hall–Kier alpha value is 0.0343. The molecule has 1 rings (SSSR count). The normalized spacial score (nSPS) is 12.7. The van der Waals surface area contributed by atoms with E-state index in [2.05, 4.69) is 61.9 Å². The number of hydrogen-bond donors (Lipinski definition) is 0. The minimum atomic E-state index is -0.0731. The van der Waals surface area contributed by atoms with Crippen LogP contribution in [0.3, 0.4) is 0 Å². The number of benzene rings is 1. The molecule has 0 radical (unpaired) electrons. The minimum absolute atomic E-state index is 0.0731. The Morgan fingerprint density at radius 3 is 2.18 bits per heavy atom. The second-order valence-corrected chi connectivity index (χ2v) is 7.51. The Morgan fingerprint density at radius 2 is 1.73 bits per heavy atom. The van der Waals surface area contributed by atoms with Gasteiger partial charge in [-0.2, -0.15) is 0 Å². The second kappa shape index (κ2) is 3.62.